The summed E-state index contributed by atoms with van der Waals surface area (Å²) in [6, 6.07) is 5.57. The Hall–Kier alpha value is -1.82. The van der Waals surface area contributed by atoms with Crippen LogP contribution in [0.15, 0.2) is 28.7 Å². The Morgan fingerprint density at radius 2 is 1.79 bits per heavy atom. The van der Waals surface area contributed by atoms with E-state index in [0.717, 1.165) is 27.8 Å². The highest BCUT2D eigenvalue weighted by atomic mass is 79.9. The summed E-state index contributed by atoms with van der Waals surface area (Å²) in [5.41, 5.74) is 6.07. The molecule has 4 fully saturated rings. The van der Waals surface area contributed by atoms with Crippen LogP contribution in [0.2, 0.25) is 0 Å². The van der Waals surface area contributed by atoms with Gasteiger partial charge in [-0.25, -0.2) is 0 Å². The molecule has 1 aromatic rings. The van der Waals surface area contributed by atoms with Crippen molar-refractivity contribution in [2.45, 2.75) is 44.9 Å². The van der Waals surface area contributed by atoms with Gasteiger partial charge in [0.05, 0.1) is 7.11 Å². The van der Waals surface area contributed by atoms with E-state index < -0.39 is 0 Å². The third kappa shape index (κ3) is 4.27. The Kier molecular flexibility index (Phi) is 5.50. The van der Waals surface area contributed by atoms with E-state index in [0.29, 0.717) is 12.2 Å². The summed E-state index contributed by atoms with van der Waals surface area (Å²) in [7, 11) is 1.59. The number of methoxy groups -OCH3 is 1. The van der Waals surface area contributed by atoms with Crippen LogP contribution in [-0.4, -0.2) is 18.9 Å². The Labute approximate surface area is 174 Å². The van der Waals surface area contributed by atoms with Crippen LogP contribution in [0.1, 0.15) is 50.5 Å². The third-order valence-corrected chi connectivity index (χ3v) is 7.13. The Morgan fingerprint density at radius 1 is 1.14 bits per heavy atom. The molecule has 28 heavy (non-hydrogen) atoms. The maximum absolute atomic E-state index is 12.5. The first-order valence-corrected chi connectivity index (χ1v) is 10.8. The van der Waals surface area contributed by atoms with Gasteiger partial charge in [0.25, 0.3) is 5.91 Å². The third-order valence-electron chi connectivity index (χ3n) is 6.63. The average Bonchev–Trinajstić information content (AvgIpc) is 2.63. The molecule has 4 bridgehead atoms. The monoisotopic (exact) mass is 446 g/mol. The zero-order valence-corrected chi connectivity index (χ0v) is 17.8. The standard InChI is InChI=1S/C22H27BrN2O3/c1-28-19-4-3-18(23)9-17(19)2-5-20(26)24-25-21(27)13-22-10-14-6-15(11-22)8-16(7-14)12-22/h2-5,9,14-16H,6-8,10-13H2,1H3,(H,24,26)(H,25,27)/b5-2+. The summed E-state index contributed by atoms with van der Waals surface area (Å²) in [4.78, 5) is 24.6. The summed E-state index contributed by atoms with van der Waals surface area (Å²) < 4.78 is 6.19. The number of carbonyl (C=O) groups excluding carboxylic acids is 2. The Balaban J connectivity index is 1.29. The number of hydrazine groups is 1. The largest absolute Gasteiger partial charge is 0.496 e. The van der Waals surface area contributed by atoms with E-state index in [1.54, 1.807) is 13.2 Å². The molecule has 5 nitrogen and oxygen atoms in total. The SMILES string of the molecule is COc1ccc(Br)cc1/C=C/C(=O)NNC(=O)CC12CC3CC(CC(C3)C1)C2. The second-order valence-electron chi connectivity index (χ2n) is 8.85. The van der Waals surface area contributed by atoms with E-state index in [-0.39, 0.29) is 17.2 Å². The number of amides is 2. The van der Waals surface area contributed by atoms with Crippen molar-refractivity contribution in [2.75, 3.05) is 7.11 Å². The highest BCUT2D eigenvalue weighted by Gasteiger charge is 2.51. The number of carbonyl (C=O) groups is 2. The first-order chi connectivity index (χ1) is 13.4. The molecule has 0 spiro atoms. The lowest BCUT2D eigenvalue weighted by Crippen LogP contribution is -2.49. The zero-order chi connectivity index (χ0) is 19.7. The molecule has 0 aliphatic heterocycles. The van der Waals surface area contributed by atoms with Gasteiger partial charge in [-0.3, -0.25) is 20.4 Å². The molecule has 0 aromatic heterocycles. The van der Waals surface area contributed by atoms with E-state index in [2.05, 4.69) is 26.8 Å². The Bertz CT molecular complexity index is 770. The average molecular weight is 447 g/mol. The number of halogens is 1. The maximum atomic E-state index is 12.5. The molecule has 5 rings (SSSR count). The Morgan fingerprint density at radius 3 is 2.39 bits per heavy atom. The number of nitrogens with one attached hydrogen (secondary N) is 2. The van der Waals surface area contributed by atoms with Gasteiger partial charge in [-0.15, -0.1) is 0 Å². The molecule has 1 aromatic carbocycles. The van der Waals surface area contributed by atoms with Crippen molar-refractivity contribution in [1.29, 1.82) is 0 Å². The molecular formula is C22H27BrN2O3. The predicted molar refractivity (Wildman–Crippen MR) is 111 cm³/mol. The van der Waals surface area contributed by atoms with E-state index >= 15 is 0 Å². The fourth-order valence-electron chi connectivity index (χ4n) is 6.07. The van der Waals surface area contributed by atoms with Gasteiger partial charge >= 0.3 is 0 Å². The lowest BCUT2D eigenvalue weighted by molar-refractivity contribution is -0.133. The van der Waals surface area contributed by atoms with Crippen LogP contribution in [0.3, 0.4) is 0 Å². The number of hydrogen-bond acceptors (Lipinski definition) is 3. The molecule has 4 aliphatic carbocycles. The van der Waals surface area contributed by atoms with Crippen LogP contribution in [0.4, 0.5) is 0 Å². The fourth-order valence-corrected chi connectivity index (χ4v) is 6.44. The van der Waals surface area contributed by atoms with Crippen LogP contribution in [-0.2, 0) is 9.59 Å². The maximum Gasteiger partial charge on any atom is 0.262 e. The molecule has 150 valence electrons. The fraction of sp³-hybridized carbons (Fsp3) is 0.545. The van der Waals surface area contributed by atoms with Crippen molar-refractivity contribution in [1.82, 2.24) is 10.9 Å². The van der Waals surface area contributed by atoms with Crippen molar-refractivity contribution in [2.24, 2.45) is 23.2 Å². The molecule has 0 atom stereocenters. The van der Waals surface area contributed by atoms with E-state index in [1.807, 2.05) is 18.2 Å². The summed E-state index contributed by atoms with van der Waals surface area (Å²) in [6.07, 6.45) is 11.2. The van der Waals surface area contributed by atoms with Crippen molar-refractivity contribution in [3.05, 3.63) is 34.3 Å². The first kappa shape index (κ1) is 19.5. The van der Waals surface area contributed by atoms with Crippen LogP contribution in [0, 0.1) is 23.2 Å². The number of benzene rings is 1. The minimum absolute atomic E-state index is 0.0799. The van der Waals surface area contributed by atoms with Crippen LogP contribution in [0.5, 0.6) is 5.75 Å². The van der Waals surface area contributed by atoms with E-state index in [1.165, 1.54) is 44.6 Å². The lowest BCUT2D eigenvalue weighted by atomic mass is 9.49. The highest BCUT2D eigenvalue weighted by Crippen LogP contribution is 2.61. The molecule has 0 unspecified atom stereocenters. The molecule has 0 radical (unpaired) electrons. The van der Waals surface area contributed by atoms with Gasteiger partial charge in [-0.1, -0.05) is 15.9 Å². The minimum atomic E-state index is -0.360. The van der Waals surface area contributed by atoms with E-state index in [4.69, 9.17) is 4.74 Å². The van der Waals surface area contributed by atoms with Gasteiger partial charge < -0.3 is 4.74 Å². The van der Waals surface area contributed by atoms with Gasteiger partial charge in [0.1, 0.15) is 5.75 Å². The molecule has 2 N–H and O–H groups in total. The molecule has 2 amide bonds. The predicted octanol–water partition coefficient (Wildman–Crippen LogP) is 4.22. The lowest BCUT2D eigenvalue weighted by Gasteiger charge is -2.56. The van der Waals surface area contributed by atoms with E-state index in [9.17, 15) is 9.59 Å². The van der Waals surface area contributed by atoms with Crippen LogP contribution < -0.4 is 15.6 Å². The number of ether oxygens (including phenoxy) is 1. The smallest absolute Gasteiger partial charge is 0.262 e. The van der Waals surface area contributed by atoms with Gasteiger partial charge in [0, 0.05) is 22.5 Å². The molecule has 0 heterocycles. The second kappa shape index (κ2) is 7.90. The molecule has 6 heteroatoms. The molecular weight excluding hydrogens is 420 g/mol. The van der Waals surface area contributed by atoms with Gasteiger partial charge in [-0.2, -0.15) is 0 Å². The van der Waals surface area contributed by atoms with Crippen molar-refractivity contribution >= 4 is 33.8 Å². The van der Waals surface area contributed by atoms with Gasteiger partial charge in [0.15, 0.2) is 0 Å². The highest BCUT2D eigenvalue weighted by molar-refractivity contribution is 9.10. The summed E-state index contributed by atoms with van der Waals surface area (Å²) in [5, 5.41) is 0. The molecule has 4 saturated carbocycles. The summed E-state index contributed by atoms with van der Waals surface area (Å²) in [5.74, 6) is 2.69. The normalized spacial score (nSPS) is 30.4. The quantitative estimate of drug-likeness (QED) is 0.525. The van der Waals surface area contributed by atoms with Gasteiger partial charge in [-0.05, 0) is 86.0 Å². The van der Waals surface area contributed by atoms with Crippen molar-refractivity contribution in [3.63, 3.8) is 0 Å². The molecule has 4 aliphatic rings. The topological polar surface area (TPSA) is 67.4 Å². The minimum Gasteiger partial charge on any atom is -0.496 e. The number of rotatable bonds is 5. The second-order valence-corrected chi connectivity index (χ2v) is 9.77. The van der Waals surface area contributed by atoms with Crippen molar-refractivity contribution in [3.8, 4) is 5.75 Å². The first-order valence-electron chi connectivity index (χ1n) is 10.1. The van der Waals surface area contributed by atoms with Gasteiger partial charge in [0.2, 0.25) is 5.91 Å². The number of hydrogen-bond donors (Lipinski definition) is 2. The zero-order valence-electron chi connectivity index (χ0n) is 16.2. The van der Waals surface area contributed by atoms with Crippen molar-refractivity contribution < 1.29 is 14.3 Å². The summed E-state index contributed by atoms with van der Waals surface area (Å²) in [6.45, 7) is 0. The van der Waals surface area contributed by atoms with Crippen LogP contribution >= 0.6 is 15.9 Å². The van der Waals surface area contributed by atoms with Crippen LogP contribution in [0.25, 0.3) is 6.08 Å². The molecule has 0 saturated heterocycles. The summed E-state index contributed by atoms with van der Waals surface area (Å²) >= 11 is 3.41.